The molecule has 0 saturated carbocycles. The van der Waals surface area contributed by atoms with Crippen molar-refractivity contribution in [3.05, 3.63) is 0 Å². The first-order chi connectivity index (χ1) is 6.74. The van der Waals surface area contributed by atoms with E-state index in [1.165, 1.54) is 0 Å². The summed E-state index contributed by atoms with van der Waals surface area (Å²) in [5.74, 6) is 0. The minimum absolute atomic E-state index is 0.733. The first kappa shape index (κ1) is 14.1. The Morgan fingerprint density at radius 2 is 1.86 bits per heavy atom. The van der Waals surface area contributed by atoms with Crippen molar-refractivity contribution >= 4 is 8.56 Å². The van der Waals surface area contributed by atoms with Crippen LogP contribution in [-0.2, 0) is 8.85 Å². The zero-order valence-corrected chi connectivity index (χ0v) is 10.8. The van der Waals surface area contributed by atoms with Gasteiger partial charge in [-0.2, -0.15) is 0 Å². The second-order valence-electron chi connectivity index (χ2n) is 3.44. The van der Waals surface area contributed by atoms with Gasteiger partial charge in [0.2, 0.25) is 0 Å². The Balaban J connectivity index is 4.11. The highest BCUT2D eigenvalue weighted by Gasteiger charge is 2.34. The number of hydrogen-bond acceptors (Lipinski definition) is 3. The van der Waals surface area contributed by atoms with Crippen LogP contribution in [0.5, 0.6) is 0 Å². The van der Waals surface area contributed by atoms with Crippen molar-refractivity contribution in [3.8, 4) is 0 Å². The summed E-state index contributed by atoms with van der Waals surface area (Å²) in [7, 11) is -1.89. The van der Waals surface area contributed by atoms with E-state index in [2.05, 4.69) is 13.8 Å². The van der Waals surface area contributed by atoms with Crippen molar-refractivity contribution in [1.82, 2.24) is 0 Å². The molecule has 1 unspecified atom stereocenters. The summed E-state index contributed by atoms with van der Waals surface area (Å²) < 4.78 is 11.8. The van der Waals surface area contributed by atoms with Crippen LogP contribution in [0.4, 0.5) is 0 Å². The molecule has 4 heteroatoms. The fourth-order valence-corrected chi connectivity index (χ4v) is 4.47. The highest BCUT2D eigenvalue weighted by atomic mass is 28.4. The lowest BCUT2D eigenvalue weighted by Gasteiger charge is -2.29. The van der Waals surface area contributed by atoms with Crippen molar-refractivity contribution in [2.24, 2.45) is 5.73 Å². The predicted octanol–water partition coefficient (Wildman–Crippen LogP) is 2.26. The van der Waals surface area contributed by atoms with E-state index in [1.807, 2.05) is 6.92 Å². The molecule has 0 aliphatic heterocycles. The van der Waals surface area contributed by atoms with Crippen molar-refractivity contribution in [2.75, 3.05) is 19.8 Å². The van der Waals surface area contributed by atoms with Gasteiger partial charge in [-0.15, -0.1) is 0 Å². The smallest absolute Gasteiger partial charge is 0.337 e. The lowest BCUT2D eigenvalue weighted by Crippen LogP contribution is -2.42. The van der Waals surface area contributed by atoms with Crippen LogP contribution in [0.3, 0.4) is 0 Å². The average Bonchev–Trinajstić information content (AvgIpc) is 2.22. The Morgan fingerprint density at radius 1 is 1.14 bits per heavy atom. The number of hydrogen-bond donors (Lipinski definition) is 1. The highest BCUT2D eigenvalue weighted by molar-refractivity contribution is 6.67. The zero-order valence-electron chi connectivity index (χ0n) is 9.84. The molecule has 0 aromatic carbocycles. The summed E-state index contributed by atoms with van der Waals surface area (Å²) in [6.07, 6.45) is 2.08. The quantitative estimate of drug-likeness (QED) is 0.605. The summed E-state index contributed by atoms with van der Waals surface area (Å²) in [4.78, 5) is 0. The highest BCUT2D eigenvalue weighted by Crippen LogP contribution is 2.20. The first-order valence-electron chi connectivity index (χ1n) is 5.72. The van der Waals surface area contributed by atoms with Gasteiger partial charge in [-0.05, 0) is 38.4 Å². The van der Waals surface area contributed by atoms with Crippen LogP contribution in [0.2, 0.25) is 12.1 Å². The lowest BCUT2D eigenvalue weighted by molar-refractivity contribution is 0.175. The Morgan fingerprint density at radius 3 is 2.29 bits per heavy atom. The van der Waals surface area contributed by atoms with Crippen LogP contribution in [0.25, 0.3) is 0 Å². The molecule has 0 aliphatic carbocycles. The van der Waals surface area contributed by atoms with E-state index in [4.69, 9.17) is 14.6 Å². The molecule has 0 spiro atoms. The van der Waals surface area contributed by atoms with Crippen LogP contribution < -0.4 is 5.73 Å². The largest absolute Gasteiger partial charge is 0.394 e. The number of nitrogens with two attached hydrogens (primary N) is 1. The summed E-state index contributed by atoms with van der Waals surface area (Å²) in [6, 6.07) is 2.06. The minimum atomic E-state index is -1.89. The molecule has 0 radical (unpaired) electrons. The third-order valence-corrected chi connectivity index (χ3v) is 6.01. The molecule has 86 valence electrons. The van der Waals surface area contributed by atoms with E-state index in [0.717, 1.165) is 44.7 Å². The molecule has 1 atom stereocenters. The van der Waals surface area contributed by atoms with Crippen LogP contribution in [-0.4, -0.2) is 28.3 Å². The lowest BCUT2D eigenvalue weighted by atomic mass is 10.5. The van der Waals surface area contributed by atoms with Crippen LogP contribution >= 0.6 is 0 Å². The molecule has 0 saturated heterocycles. The average molecular weight is 219 g/mol. The second kappa shape index (κ2) is 8.41. The second-order valence-corrected chi connectivity index (χ2v) is 7.04. The van der Waals surface area contributed by atoms with Gasteiger partial charge < -0.3 is 14.6 Å². The van der Waals surface area contributed by atoms with E-state index in [9.17, 15) is 0 Å². The zero-order chi connectivity index (χ0) is 10.9. The monoisotopic (exact) mass is 219 g/mol. The van der Waals surface area contributed by atoms with Gasteiger partial charge in [0.1, 0.15) is 0 Å². The van der Waals surface area contributed by atoms with Gasteiger partial charge in [0.25, 0.3) is 0 Å². The predicted molar refractivity (Wildman–Crippen MR) is 62.6 cm³/mol. The fraction of sp³-hybridized carbons (Fsp3) is 1.00. The molecule has 0 rings (SSSR count). The van der Waals surface area contributed by atoms with Crippen LogP contribution in [0.15, 0.2) is 0 Å². The molecule has 2 N–H and O–H groups in total. The number of rotatable bonds is 9. The molecule has 0 fully saturated rings. The molecule has 14 heavy (non-hydrogen) atoms. The maximum atomic E-state index is 5.93. The van der Waals surface area contributed by atoms with Gasteiger partial charge >= 0.3 is 8.56 Å². The van der Waals surface area contributed by atoms with Crippen molar-refractivity contribution < 1.29 is 8.85 Å². The van der Waals surface area contributed by atoms with Gasteiger partial charge in [0, 0.05) is 13.2 Å². The fourth-order valence-electron chi connectivity index (χ4n) is 1.49. The van der Waals surface area contributed by atoms with E-state index in [1.54, 1.807) is 0 Å². The Kier molecular flexibility index (Phi) is 8.47. The molecular formula is C10H25NO2Si. The van der Waals surface area contributed by atoms with Crippen LogP contribution in [0.1, 0.15) is 33.6 Å². The van der Waals surface area contributed by atoms with Gasteiger partial charge in [-0.1, -0.05) is 13.8 Å². The minimum Gasteiger partial charge on any atom is -0.394 e. The molecule has 0 heterocycles. The first-order valence-corrected chi connectivity index (χ1v) is 7.95. The standard InChI is InChI=1S/C10H25NO2Si/c1-4-9-13-14(6-3,12-5-2)10-7-8-11/h4-11H2,1-3H3. The Bertz CT molecular complexity index is 125. The maximum Gasteiger partial charge on any atom is 0.337 e. The molecule has 3 nitrogen and oxygen atoms in total. The summed E-state index contributed by atoms with van der Waals surface area (Å²) in [5.41, 5.74) is 5.53. The molecule has 0 aromatic heterocycles. The van der Waals surface area contributed by atoms with E-state index in [-0.39, 0.29) is 0 Å². The molecular weight excluding hydrogens is 194 g/mol. The van der Waals surface area contributed by atoms with Crippen molar-refractivity contribution in [1.29, 1.82) is 0 Å². The van der Waals surface area contributed by atoms with Gasteiger partial charge in [-0.3, -0.25) is 0 Å². The maximum absolute atomic E-state index is 5.93. The van der Waals surface area contributed by atoms with E-state index in [0.29, 0.717) is 0 Å². The van der Waals surface area contributed by atoms with Crippen LogP contribution in [0, 0.1) is 0 Å². The topological polar surface area (TPSA) is 44.5 Å². The Hall–Kier alpha value is 0.0969. The molecule has 0 amide bonds. The molecule has 0 bridgehead atoms. The SMILES string of the molecule is CCCO[Si](CC)(CCCN)OCC. The summed E-state index contributed by atoms with van der Waals surface area (Å²) in [6.45, 7) is 8.64. The van der Waals surface area contributed by atoms with Crippen molar-refractivity contribution in [2.45, 2.75) is 45.7 Å². The van der Waals surface area contributed by atoms with Gasteiger partial charge in [0.15, 0.2) is 0 Å². The normalized spacial score (nSPS) is 15.4. The summed E-state index contributed by atoms with van der Waals surface area (Å²) >= 11 is 0. The Labute approximate surface area is 89.2 Å². The molecule has 0 aliphatic rings. The molecule has 0 aromatic rings. The third kappa shape index (κ3) is 5.10. The van der Waals surface area contributed by atoms with Crippen molar-refractivity contribution in [3.63, 3.8) is 0 Å². The third-order valence-electron chi connectivity index (χ3n) is 2.28. The van der Waals surface area contributed by atoms with Gasteiger partial charge in [-0.25, -0.2) is 0 Å². The van der Waals surface area contributed by atoms with E-state index >= 15 is 0 Å². The van der Waals surface area contributed by atoms with E-state index < -0.39 is 8.56 Å². The summed E-state index contributed by atoms with van der Waals surface area (Å²) in [5, 5.41) is 0. The van der Waals surface area contributed by atoms with Gasteiger partial charge in [0.05, 0.1) is 0 Å².